The van der Waals surface area contributed by atoms with E-state index in [-0.39, 0.29) is 12.1 Å². The van der Waals surface area contributed by atoms with E-state index in [1.165, 1.54) is 0 Å². The van der Waals surface area contributed by atoms with Crippen LogP contribution in [-0.2, 0) is 7.05 Å². The number of aryl methyl sites for hydroxylation is 2. The zero-order valence-electron chi connectivity index (χ0n) is 13.4. The van der Waals surface area contributed by atoms with Gasteiger partial charge in [0.2, 0.25) is 0 Å². The van der Waals surface area contributed by atoms with Gasteiger partial charge in [-0.3, -0.25) is 14.5 Å². The third-order valence-electron chi connectivity index (χ3n) is 4.18. The quantitative estimate of drug-likeness (QED) is 0.762. The van der Waals surface area contributed by atoms with E-state index < -0.39 is 0 Å². The van der Waals surface area contributed by atoms with Crippen LogP contribution in [0.3, 0.4) is 0 Å². The number of anilines is 1. The SMILES string of the molecule is Cc1cccc2c1C(=O)NC(c1cn(C)nc1-c1cccnc1)N2. The summed E-state index contributed by atoms with van der Waals surface area (Å²) in [6.45, 7) is 1.94. The van der Waals surface area contributed by atoms with Crippen molar-refractivity contribution in [1.29, 1.82) is 0 Å². The van der Waals surface area contributed by atoms with Crippen LogP contribution in [0.4, 0.5) is 5.69 Å². The molecule has 2 aromatic heterocycles. The second-order valence-corrected chi connectivity index (χ2v) is 5.90. The Morgan fingerprint density at radius 1 is 1.17 bits per heavy atom. The van der Waals surface area contributed by atoms with Gasteiger partial charge < -0.3 is 10.6 Å². The van der Waals surface area contributed by atoms with E-state index in [0.29, 0.717) is 5.56 Å². The number of pyridine rings is 1. The molecule has 1 amide bonds. The predicted octanol–water partition coefficient (Wildman–Crippen LogP) is 2.64. The topological polar surface area (TPSA) is 71.8 Å². The van der Waals surface area contributed by atoms with Crippen molar-refractivity contribution in [2.45, 2.75) is 13.1 Å². The number of nitrogens with zero attached hydrogens (tertiary/aromatic N) is 3. The Labute approximate surface area is 139 Å². The molecule has 0 radical (unpaired) electrons. The van der Waals surface area contributed by atoms with Crippen molar-refractivity contribution in [3.05, 3.63) is 65.6 Å². The van der Waals surface area contributed by atoms with Crippen molar-refractivity contribution in [1.82, 2.24) is 20.1 Å². The predicted molar refractivity (Wildman–Crippen MR) is 91.4 cm³/mol. The van der Waals surface area contributed by atoms with E-state index >= 15 is 0 Å². The minimum Gasteiger partial charge on any atom is -0.361 e. The summed E-state index contributed by atoms with van der Waals surface area (Å²) < 4.78 is 1.75. The highest BCUT2D eigenvalue weighted by Gasteiger charge is 2.28. The lowest BCUT2D eigenvalue weighted by atomic mass is 10.0. The van der Waals surface area contributed by atoms with Crippen LogP contribution < -0.4 is 10.6 Å². The summed E-state index contributed by atoms with van der Waals surface area (Å²) in [7, 11) is 1.87. The highest BCUT2D eigenvalue weighted by Crippen LogP contribution is 2.32. The molecule has 1 aliphatic heterocycles. The van der Waals surface area contributed by atoms with Crippen LogP contribution in [0.2, 0.25) is 0 Å². The fourth-order valence-electron chi connectivity index (χ4n) is 3.09. The van der Waals surface area contributed by atoms with Gasteiger partial charge in [-0.2, -0.15) is 5.10 Å². The largest absolute Gasteiger partial charge is 0.361 e. The molecule has 0 aliphatic carbocycles. The molecule has 120 valence electrons. The summed E-state index contributed by atoms with van der Waals surface area (Å²) in [6.07, 6.45) is 5.08. The number of hydrogen-bond donors (Lipinski definition) is 2. The molecular weight excluding hydrogens is 302 g/mol. The Kier molecular flexibility index (Phi) is 3.30. The van der Waals surface area contributed by atoms with Gasteiger partial charge in [-0.25, -0.2) is 0 Å². The van der Waals surface area contributed by atoms with Crippen LogP contribution in [0, 0.1) is 6.92 Å². The normalized spacial score (nSPS) is 16.2. The Hall–Kier alpha value is -3.15. The third kappa shape index (κ3) is 2.32. The van der Waals surface area contributed by atoms with Crippen molar-refractivity contribution < 1.29 is 4.79 Å². The van der Waals surface area contributed by atoms with Gasteiger partial charge in [0.1, 0.15) is 11.9 Å². The number of aromatic nitrogens is 3. The lowest BCUT2D eigenvalue weighted by Crippen LogP contribution is -2.39. The van der Waals surface area contributed by atoms with Crippen LogP contribution >= 0.6 is 0 Å². The molecule has 0 saturated heterocycles. The lowest BCUT2D eigenvalue weighted by Gasteiger charge is -2.28. The molecular formula is C18H17N5O. The number of amides is 1. The van der Waals surface area contributed by atoms with E-state index in [1.807, 2.05) is 50.5 Å². The van der Waals surface area contributed by atoms with E-state index in [4.69, 9.17) is 0 Å². The van der Waals surface area contributed by atoms with E-state index in [1.54, 1.807) is 17.1 Å². The molecule has 6 heteroatoms. The standard InChI is InChI=1S/C18H17N5O/c1-11-5-3-7-14-15(11)18(24)21-17(20-14)13-10-23(2)22-16(13)12-6-4-8-19-9-12/h3-10,17,20H,1-2H3,(H,21,24). The first-order valence-corrected chi connectivity index (χ1v) is 7.74. The molecule has 6 nitrogen and oxygen atoms in total. The van der Waals surface area contributed by atoms with Crippen LogP contribution in [0.15, 0.2) is 48.9 Å². The highest BCUT2D eigenvalue weighted by atomic mass is 16.2. The van der Waals surface area contributed by atoms with Gasteiger partial charge in [-0.1, -0.05) is 12.1 Å². The summed E-state index contributed by atoms with van der Waals surface area (Å²) in [6, 6.07) is 9.64. The van der Waals surface area contributed by atoms with E-state index in [9.17, 15) is 4.79 Å². The van der Waals surface area contributed by atoms with Gasteiger partial charge in [0, 0.05) is 42.5 Å². The summed E-state index contributed by atoms with van der Waals surface area (Å²) in [5.74, 6) is -0.0761. The molecule has 3 heterocycles. The van der Waals surface area contributed by atoms with E-state index in [2.05, 4.69) is 20.7 Å². The Bertz CT molecular complexity index is 916. The molecule has 0 spiro atoms. The smallest absolute Gasteiger partial charge is 0.255 e. The van der Waals surface area contributed by atoms with Gasteiger partial charge in [0.25, 0.3) is 5.91 Å². The Morgan fingerprint density at radius 2 is 2.04 bits per heavy atom. The number of carbonyl (C=O) groups is 1. The fraction of sp³-hybridized carbons (Fsp3) is 0.167. The zero-order chi connectivity index (χ0) is 16.7. The molecule has 2 N–H and O–H groups in total. The molecule has 4 rings (SSSR count). The van der Waals surface area contributed by atoms with E-state index in [0.717, 1.165) is 28.1 Å². The molecule has 1 aliphatic rings. The van der Waals surface area contributed by atoms with Crippen LogP contribution in [0.1, 0.15) is 27.7 Å². The molecule has 24 heavy (non-hydrogen) atoms. The number of rotatable bonds is 2. The monoisotopic (exact) mass is 319 g/mol. The first-order chi connectivity index (χ1) is 11.6. The summed E-state index contributed by atoms with van der Waals surface area (Å²) in [4.78, 5) is 16.7. The van der Waals surface area contributed by atoms with Gasteiger partial charge in [0.15, 0.2) is 0 Å². The number of benzene rings is 1. The Morgan fingerprint density at radius 3 is 2.83 bits per heavy atom. The molecule has 0 saturated carbocycles. The summed E-state index contributed by atoms with van der Waals surface area (Å²) in [5, 5.41) is 11.0. The van der Waals surface area contributed by atoms with Crippen molar-refractivity contribution in [3.63, 3.8) is 0 Å². The van der Waals surface area contributed by atoms with Crippen LogP contribution in [0.5, 0.6) is 0 Å². The average Bonchev–Trinajstić information content (AvgIpc) is 2.97. The highest BCUT2D eigenvalue weighted by molar-refractivity contribution is 6.03. The molecule has 0 fully saturated rings. The van der Waals surface area contributed by atoms with Gasteiger partial charge in [-0.05, 0) is 30.7 Å². The minimum atomic E-state index is -0.337. The second-order valence-electron chi connectivity index (χ2n) is 5.90. The van der Waals surface area contributed by atoms with Crippen molar-refractivity contribution in [3.8, 4) is 11.3 Å². The molecule has 0 bridgehead atoms. The summed E-state index contributed by atoms with van der Waals surface area (Å²) >= 11 is 0. The van der Waals surface area contributed by atoms with Crippen LogP contribution in [-0.4, -0.2) is 20.7 Å². The third-order valence-corrected chi connectivity index (χ3v) is 4.18. The Balaban J connectivity index is 1.78. The number of fused-ring (bicyclic) bond motifs is 1. The van der Waals surface area contributed by atoms with Crippen molar-refractivity contribution in [2.24, 2.45) is 7.05 Å². The molecule has 1 aromatic carbocycles. The number of nitrogens with one attached hydrogen (secondary N) is 2. The second kappa shape index (κ2) is 5.49. The lowest BCUT2D eigenvalue weighted by molar-refractivity contribution is 0.0935. The summed E-state index contributed by atoms with van der Waals surface area (Å²) in [5.41, 5.74) is 5.12. The maximum absolute atomic E-state index is 12.6. The van der Waals surface area contributed by atoms with Crippen molar-refractivity contribution in [2.75, 3.05) is 5.32 Å². The molecule has 1 atom stereocenters. The maximum atomic E-state index is 12.6. The fourth-order valence-corrected chi connectivity index (χ4v) is 3.09. The minimum absolute atomic E-state index is 0.0761. The molecule has 1 unspecified atom stereocenters. The maximum Gasteiger partial charge on any atom is 0.255 e. The molecule has 3 aromatic rings. The first-order valence-electron chi connectivity index (χ1n) is 7.74. The van der Waals surface area contributed by atoms with Gasteiger partial charge in [0.05, 0.1) is 5.56 Å². The number of carbonyl (C=O) groups excluding carboxylic acids is 1. The zero-order valence-corrected chi connectivity index (χ0v) is 13.4. The van der Waals surface area contributed by atoms with Gasteiger partial charge >= 0.3 is 0 Å². The van der Waals surface area contributed by atoms with Crippen molar-refractivity contribution >= 4 is 11.6 Å². The van der Waals surface area contributed by atoms with Gasteiger partial charge in [-0.15, -0.1) is 0 Å². The first kappa shape index (κ1) is 14.4. The number of hydrogen-bond acceptors (Lipinski definition) is 4. The average molecular weight is 319 g/mol. The van der Waals surface area contributed by atoms with Crippen LogP contribution in [0.25, 0.3) is 11.3 Å².